The van der Waals surface area contributed by atoms with E-state index < -0.39 is 11.6 Å². The monoisotopic (exact) mass is 440 g/mol. The maximum Gasteiger partial charge on any atom is 0.226 e. The molecule has 1 aliphatic rings. The van der Waals surface area contributed by atoms with E-state index in [1.165, 1.54) is 6.07 Å². The highest BCUT2D eigenvalue weighted by Gasteiger charge is 2.33. The SMILES string of the molecule is OCCc1ccc(C2c3[nH]c4cc(F)c(Cl)cc4c3CCN2c2ncc(F)cn2)cc1. The molecule has 4 aromatic rings. The first kappa shape index (κ1) is 19.9. The van der Waals surface area contributed by atoms with Crippen molar-refractivity contribution in [2.24, 2.45) is 0 Å². The average molecular weight is 441 g/mol. The van der Waals surface area contributed by atoms with Crippen molar-refractivity contribution in [3.63, 3.8) is 0 Å². The molecule has 0 bridgehead atoms. The fourth-order valence-electron chi connectivity index (χ4n) is 4.30. The van der Waals surface area contributed by atoms with Crippen molar-refractivity contribution < 1.29 is 13.9 Å². The number of anilines is 1. The summed E-state index contributed by atoms with van der Waals surface area (Å²) in [6.45, 7) is 0.681. The molecule has 0 saturated carbocycles. The summed E-state index contributed by atoms with van der Waals surface area (Å²) in [4.78, 5) is 13.8. The molecular formula is C23H19ClF2N4O. The average Bonchev–Trinajstić information content (AvgIpc) is 3.12. The Morgan fingerprint density at radius 2 is 1.87 bits per heavy atom. The highest BCUT2D eigenvalue weighted by molar-refractivity contribution is 6.31. The maximum atomic E-state index is 14.1. The molecule has 3 heterocycles. The summed E-state index contributed by atoms with van der Waals surface area (Å²) in [5, 5.41) is 10.2. The van der Waals surface area contributed by atoms with Gasteiger partial charge in [0.1, 0.15) is 5.82 Å². The Morgan fingerprint density at radius 3 is 2.58 bits per heavy atom. The summed E-state index contributed by atoms with van der Waals surface area (Å²) in [6.07, 6.45) is 3.56. The van der Waals surface area contributed by atoms with E-state index >= 15 is 0 Å². The van der Waals surface area contributed by atoms with E-state index in [0.717, 1.165) is 40.2 Å². The zero-order chi connectivity index (χ0) is 21.5. The maximum absolute atomic E-state index is 14.1. The number of fused-ring (bicyclic) bond motifs is 3. The van der Waals surface area contributed by atoms with Crippen molar-refractivity contribution in [1.82, 2.24) is 15.0 Å². The van der Waals surface area contributed by atoms with Crippen molar-refractivity contribution in [2.45, 2.75) is 18.9 Å². The molecule has 8 heteroatoms. The summed E-state index contributed by atoms with van der Waals surface area (Å²) in [5.41, 5.74) is 4.66. The van der Waals surface area contributed by atoms with Gasteiger partial charge in [-0.1, -0.05) is 35.9 Å². The van der Waals surface area contributed by atoms with Gasteiger partial charge in [-0.3, -0.25) is 0 Å². The topological polar surface area (TPSA) is 65.0 Å². The molecule has 5 rings (SSSR count). The van der Waals surface area contributed by atoms with E-state index in [-0.39, 0.29) is 17.7 Å². The second-order valence-electron chi connectivity index (χ2n) is 7.59. The van der Waals surface area contributed by atoms with Gasteiger partial charge in [0.25, 0.3) is 0 Å². The molecule has 2 aromatic heterocycles. The zero-order valence-electron chi connectivity index (χ0n) is 16.4. The first-order valence-electron chi connectivity index (χ1n) is 9.98. The van der Waals surface area contributed by atoms with Crippen LogP contribution in [-0.4, -0.2) is 33.2 Å². The number of aliphatic hydroxyl groups excluding tert-OH is 1. The minimum absolute atomic E-state index is 0.0802. The Kier molecular flexibility index (Phi) is 5.08. The molecule has 0 aliphatic carbocycles. The molecule has 5 nitrogen and oxygen atoms in total. The van der Waals surface area contributed by atoms with Gasteiger partial charge < -0.3 is 15.0 Å². The summed E-state index contributed by atoms with van der Waals surface area (Å²) < 4.78 is 27.5. The minimum Gasteiger partial charge on any atom is -0.396 e. The fraction of sp³-hybridized carbons (Fsp3) is 0.217. The van der Waals surface area contributed by atoms with Crippen molar-refractivity contribution in [1.29, 1.82) is 0 Å². The number of hydrogen-bond acceptors (Lipinski definition) is 4. The number of nitrogens with one attached hydrogen (secondary N) is 1. The summed E-state index contributed by atoms with van der Waals surface area (Å²) in [7, 11) is 0. The number of rotatable bonds is 4. The van der Waals surface area contributed by atoms with E-state index in [9.17, 15) is 13.9 Å². The molecule has 0 fully saturated rings. The molecule has 0 amide bonds. The highest BCUT2D eigenvalue weighted by Crippen LogP contribution is 2.40. The molecule has 31 heavy (non-hydrogen) atoms. The number of nitrogens with zero attached hydrogens (tertiary/aromatic N) is 3. The number of H-pyrrole nitrogens is 1. The van der Waals surface area contributed by atoms with Gasteiger partial charge in [0.2, 0.25) is 5.95 Å². The molecule has 158 valence electrons. The van der Waals surface area contributed by atoms with Crippen molar-refractivity contribution >= 4 is 28.5 Å². The highest BCUT2D eigenvalue weighted by atomic mass is 35.5. The molecule has 0 radical (unpaired) electrons. The third-order valence-electron chi connectivity index (χ3n) is 5.73. The number of benzene rings is 2. The zero-order valence-corrected chi connectivity index (χ0v) is 17.2. The van der Waals surface area contributed by atoms with Gasteiger partial charge in [-0.2, -0.15) is 0 Å². The smallest absolute Gasteiger partial charge is 0.226 e. The van der Waals surface area contributed by atoms with Crippen LogP contribution < -0.4 is 4.90 Å². The van der Waals surface area contributed by atoms with Crippen LogP contribution in [0.15, 0.2) is 48.8 Å². The van der Waals surface area contributed by atoms with Crippen LogP contribution in [0.2, 0.25) is 5.02 Å². The van der Waals surface area contributed by atoms with Crippen LogP contribution in [0.3, 0.4) is 0 Å². The predicted octanol–water partition coefficient (Wildman–Crippen LogP) is 4.58. The second kappa shape index (κ2) is 7.90. The lowest BCUT2D eigenvalue weighted by atomic mass is 9.92. The third-order valence-corrected chi connectivity index (χ3v) is 6.02. The molecule has 0 saturated heterocycles. The number of halogens is 3. The Morgan fingerprint density at radius 1 is 1.13 bits per heavy atom. The van der Waals surface area contributed by atoms with Crippen LogP contribution in [-0.2, 0) is 12.8 Å². The van der Waals surface area contributed by atoms with Gasteiger partial charge in [-0.05, 0) is 41.7 Å². The quantitative estimate of drug-likeness (QED) is 0.487. The lowest BCUT2D eigenvalue weighted by Gasteiger charge is -2.36. The van der Waals surface area contributed by atoms with E-state index in [2.05, 4.69) is 15.0 Å². The molecule has 2 aromatic carbocycles. The van der Waals surface area contributed by atoms with Gasteiger partial charge in [0.15, 0.2) is 5.82 Å². The lowest BCUT2D eigenvalue weighted by molar-refractivity contribution is 0.299. The first-order valence-corrected chi connectivity index (χ1v) is 10.4. The Hall–Kier alpha value is -3.03. The number of aromatic nitrogens is 3. The molecule has 1 aliphatic heterocycles. The van der Waals surface area contributed by atoms with Gasteiger partial charge in [-0.15, -0.1) is 0 Å². The second-order valence-corrected chi connectivity index (χ2v) is 8.00. The Balaban J connectivity index is 1.67. The third kappa shape index (κ3) is 3.54. The summed E-state index contributed by atoms with van der Waals surface area (Å²) in [5.74, 6) is -0.558. The number of hydrogen-bond donors (Lipinski definition) is 2. The van der Waals surface area contributed by atoms with Crippen LogP contribution >= 0.6 is 11.6 Å². The van der Waals surface area contributed by atoms with Crippen LogP contribution in [0.4, 0.5) is 14.7 Å². The standard InChI is InChI=1S/C23H19ClF2N4O/c24-18-9-17-16-5-7-30(23-27-11-15(25)12-28-23)22(21(16)29-20(17)10-19(18)26)14-3-1-13(2-4-14)6-8-31/h1-4,9-12,22,29,31H,5-8H2. The molecule has 0 spiro atoms. The molecule has 1 atom stereocenters. The number of aromatic amines is 1. The normalized spacial score (nSPS) is 16.0. The van der Waals surface area contributed by atoms with E-state index in [4.69, 9.17) is 11.6 Å². The van der Waals surface area contributed by atoms with E-state index in [1.807, 2.05) is 29.2 Å². The van der Waals surface area contributed by atoms with E-state index in [1.54, 1.807) is 6.07 Å². The minimum atomic E-state index is -0.498. The van der Waals surface area contributed by atoms with Crippen molar-refractivity contribution in [3.05, 3.63) is 87.8 Å². The van der Waals surface area contributed by atoms with Crippen LogP contribution in [0, 0.1) is 11.6 Å². The van der Waals surface area contributed by atoms with Gasteiger partial charge >= 0.3 is 0 Å². The fourth-order valence-corrected chi connectivity index (χ4v) is 4.46. The Bertz CT molecular complexity index is 1240. The van der Waals surface area contributed by atoms with Crippen LogP contribution in [0.1, 0.15) is 28.4 Å². The van der Waals surface area contributed by atoms with Crippen molar-refractivity contribution in [3.8, 4) is 0 Å². The van der Waals surface area contributed by atoms with Gasteiger partial charge in [0, 0.05) is 29.7 Å². The van der Waals surface area contributed by atoms with Crippen molar-refractivity contribution in [2.75, 3.05) is 18.1 Å². The Labute approximate surface area is 182 Å². The van der Waals surface area contributed by atoms with Gasteiger partial charge in [0.05, 0.1) is 23.5 Å². The first-order chi connectivity index (χ1) is 15.0. The predicted molar refractivity (Wildman–Crippen MR) is 115 cm³/mol. The summed E-state index contributed by atoms with van der Waals surface area (Å²) in [6, 6.07) is 10.8. The lowest BCUT2D eigenvalue weighted by Crippen LogP contribution is -2.37. The molecular weight excluding hydrogens is 422 g/mol. The molecule has 1 unspecified atom stereocenters. The van der Waals surface area contributed by atoms with Crippen LogP contribution in [0.25, 0.3) is 10.9 Å². The number of aliphatic hydroxyl groups is 1. The largest absolute Gasteiger partial charge is 0.396 e. The summed E-state index contributed by atoms with van der Waals surface area (Å²) >= 11 is 6.05. The van der Waals surface area contributed by atoms with Crippen LogP contribution in [0.5, 0.6) is 0 Å². The van der Waals surface area contributed by atoms with E-state index in [0.29, 0.717) is 30.9 Å². The van der Waals surface area contributed by atoms with Gasteiger partial charge in [-0.25, -0.2) is 18.7 Å². The molecule has 2 N–H and O–H groups in total.